The van der Waals surface area contributed by atoms with E-state index in [1.54, 1.807) is 6.07 Å². The second kappa shape index (κ2) is 4.82. The van der Waals surface area contributed by atoms with E-state index in [9.17, 15) is 9.50 Å². The molecule has 0 aliphatic heterocycles. The Balaban J connectivity index is 1.85. The minimum absolute atomic E-state index is 0.242. The molecule has 4 heteroatoms. The van der Waals surface area contributed by atoms with E-state index in [0.29, 0.717) is 13.1 Å². The molecule has 2 N–H and O–H groups in total. The minimum Gasteiger partial charge on any atom is -0.389 e. The number of nitrogens with one attached hydrogen (secondary N) is 1. The van der Waals surface area contributed by atoms with Crippen LogP contribution in [0, 0.1) is 5.82 Å². The first-order valence-electron chi connectivity index (χ1n) is 5.46. The van der Waals surface area contributed by atoms with Crippen LogP contribution in [0.1, 0.15) is 24.8 Å². The quantitative estimate of drug-likeness (QED) is 0.892. The molecular weight excluding hydrogens is 273 g/mol. The summed E-state index contributed by atoms with van der Waals surface area (Å²) in [7, 11) is 0. The maximum atomic E-state index is 12.8. The van der Waals surface area contributed by atoms with Crippen molar-refractivity contribution in [3.63, 3.8) is 0 Å². The van der Waals surface area contributed by atoms with Gasteiger partial charge in [0.15, 0.2) is 0 Å². The van der Waals surface area contributed by atoms with Gasteiger partial charge in [-0.2, -0.15) is 0 Å². The van der Waals surface area contributed by atoms with E-state index >= 15 is 0 Å². The van der Waals surface area contributed by atoms with Crippen LogP contribution in [0.3, 0.4) is 0 Å². The third kappa shape index (κ3) is 2.81. The first kappa shape index (κ1) is 12.0. The zero-order chi connectivity index (χ0) is 11.6. The van der Waals surface area contributed by atoms with Crippen LogP contribution in [0.25, 0.3) is 0 Å². The smallest absolute Gasteiger partial charge is 0.124 e. The molecule has 1 aliphatic rings. The predicted octanol–water partition coefficient (Wildman–Crippen LogP) is 2.59. The molecule has 0 atom stereocenters. The lowest BCUT2D eigenvalue weighted by Gasteiger charge is -2.36. The number of aliphatic hydroxyl groups is 1. The zero-order valence-electron chi connectivity index (χ0n) is 8.97. The SMILES string of the molecule is OC1(CNCc2ccc(F)cc2Br)CCC1. The highest BCUT2D eigenvalue weighted by atomic mass is 79.9. The average Bonchev–Trinajstić information content (AvgIpc) is 2.19. The lowest BCUT2D eigenvalue weighted by molar-refractivity contribution is -0.0314. The monoisotopic (exact) mass is 287 g/mol. The van der Waals surface area contributed by atoms with Crippen LogP contribution in [-0.4, -0.2) is 17.3 Å². The van der Waals surface area contributed by atoms with Crippen LogP contribution < -0.4 is 5.32 Å². The highest BCUT2D eigenvalue weighted by Gasteiger charge is 2.33. The van der Waals surface area contributed by atoms with Crippen LogP contribution in [0.2, 0.25) is 0 Å². The van der Waals surface area contributed by atoms with Gasteiger partial charge in [0.25, 0.3) is 0 Å². The molecule has 1 aromatic carbocycles. The Morgan fingerprint density at radius 2 is 2.19 bits per heavy atom. The molecule has 0 saturated heterocycles. The fraction of sp³-hybridized carbons (Fsp3) is 0.500. The van der Waals surface area contributed by atoms with Crippen LogP contribution in [0.15, 0.2) is 22.7 Å². The van der Waals surface area contributed by atoms with E-state index in [1.807, 2.05) is 0 Å². The Kier molecular flexibility index (Phi) is 3.62. The standard InChI is InChI=1S/C12H15BrFNO/c13-11-6-10(14)3-2-9(11)7-15-8-12(16)4-1-5-12/h2-3,6,15-16H,1,4-5,7-8H2. The summed E-state index contributed by atoms with van der Waals surface area (Å²) in [5, 5.41) is 13.1. The largest absolute Gasteiger partial charge is 0.389 e. The number of benzene rings is 1. The van der Waals surface area contributed by atoms with Crippen molar-refractivity contribution in [2.75, 3.05) is 6.54 Å². The van der Waals surface area contributed by atoms with Crippen LogP contribution in [-0.2, 0) is 6.54 Å². The van der Waals surface area contributed by atoms with Gasteiger partial charge in [0, 0.05) is 17.6 Å². The highest BCUT2D eigenvalue weighted by molar-refractivity contribution is 9.10. The van der Waals surface area contributed by atoms with Crippen molar-refractivity contribution in [1.82, 2.24) is 5.32 Å². The summed E-state index contributed by atoms with van der Waals surface area (Å²) in [6.07, 6.45) is 2.87. The lowest BCUT2D eigenvalue weighted by atomic mass is 9.80. The lowest BCUT2D eigenvalue weighted by Crippen LogP contribution is -2.46. The third-order valence-corrected chi connectivity index (χ3v) is 3.81. The van der Waals surface area contributed by atoms with Gasteiger partial charge in [-0.1, -0.05) is 22.0 Å². The molecule has 2 rings (SSSR count). The fourth-order valence-corrected chi connectivity index (χ4v) is 2.35. The number of rotatable bonds is 4. The molecule has 0 radical (unpaired) electrons. The predicted molar refractivity (Wildman–Crippen MR) is 64.6 cm³/mol. The molecular formula is C12H15BrFNO. The minimum atomic E-state index is -0.507. The number of hydrogen-bond donors (Lipinski definition) is 2. The Hall–Kier alpha value is -0.450. The summed E-state index contributed by atoms with van der Waals surface area (Å²) in [6, 6.07) is 4.64. The summed E-state index contributed by atoms with van der Waals surface area (Å²) in [5.74, 6) is -0.242. The van der Waals surface area contributed by atoms with Gasteiger partial charge in [0.1, 0.15) is 5.82 Å². The van der Waals surface area contributed by atoms with Crippen molar-refractivity contribution in [2.24, 2.45) is 0 Å². The van der Waals surface area contributed by atoms with Gasteiger partial charge >= 0.3 is 0 Å². The third-order valence-electron chi connectivity index (χ3n) is 3.07. The molecule has 1 aliphatic carbocycles. The molecule has 1 fully saturated rings. The molecule has 0 amide bonds. The molecule has 0 unspecified atom stereocenters. The molecule has 16 heavy (non-hydrogen) atoms. The van der Waals surface area contributed by atoms with Crippen molar-refractivity contribution in [2.45, 2.75) is 31.4 Å². The van der Waals surface area contributed by atoms with Gasteiger partial charge in [0.2, 0.25) is 0 Å². The zero-order valence-corrected chi connectivity index (χ0v) is 10.6. The van der Waals surface area contributed by atoms with Crippen molar-refractivity contribution < 1.29 is 9.50 Å². The Bertz CT molecular complexity index is 379. The van der Waals surface area contributed by atoms with Crippen LogP contribution >= 0.6 is 15.9 Å². The number of hydrogen-bond acceptors (Lipinski definition) is 2. The summed E-state index contributed by atoms with van der Waals surface area (Å²) in [4.78, 5) is 0. The molecule has 88 valence electrons. The Labute approximate surface area is 103 Å². The van der Waals surface area contributed by atoms with E-state index in [0.717, 1.165) is 29.3 Å². The first-order chi connectivity index (χ1) is 7.59. The van der Waals surface area contributed by atoms with Gasteiger partial charge in [-0.15, -0.1) is 0 Å². The summed E-state index contributed by atoms with van der Waals surface area (Å²) < 4.78 is 13.6. The van der Waals surface area contributed by atoms with Gasteiger partial charge in [0.05, 0.1) is 5.60 Å². The topological polar surface area (TPSA) is 32.3 Å². The van der Waals surface area contributed by atoms with Crippen molar-refractivity contribution in [1.29, 1.82) is 0 Å². The molecule has 1 saturated carbocycles. The average molecular weight is 288 g/mol. The number of halogens is 2. The maximum absolute atomic E-state index is 12.8. The molecule has 0 aromatic heterocycles. The van der Waals surface area contributed by atoms with Crippen LogP contribution in [0.4, 0.5) is 4.39 Å². The summed E-state index contributed by atoms with van der Waals surface area (Å²) in [6.45, 7) is 1.25. The van der Waals surface area contributed by atoms with Gasteiger partial charge in [-0.05, 0) is 37.0 Å². The van der Waals surface area contributed by atoms with E-state index in [1.165, 1.54) is 12.1 Å². The van der Waals surface area contributed by atoms with Crippen molar-refractivity contribution in [3.8, 4) is 0 Å². The molecule has 1 aromatic rings. The van der Waals surface area contributed by atoms with Crippen LogP contribution in [0.5, 0.6) is 0 Å². The summed E-state index contributed by atoms with van der Waals surface area (Å²) >= 11 is 3.32. The van der Waals surface area contributed by atoms with E-state index in [2.05, 4.69) is 21.2 Å². The Morgan fingerprint density at radius 3 is 2.75 bits per heavy atom. The van der Waals surface area contributed by atoms with E-state index in [-0.39, 0.29) is 5.82 Å². The molecule has 0 heterocycles. The van der Waals surface area contributed by atoms with Gasteiger partial charge in [-0.3, -0.25) is 0 Å². The van der Waals surface area contributed by atoms with Crippen molar-refractivity contribution >= 4 is 15.9 Å². The summed E-state index contributed by atoms with van der Waals surface area (Å²) in [5.41, 5.74) is 0.497. The fourth-order valence-electron chi connectivity index (χ4n) is 1.86. The maximum Gasteiger partial charge on any atom is 0.124 e. The second-order valence-electron chi connectivity index (χ2n) is 4.42. The van der Waals surface area contributed by atoms with Crippen molar-refractivity contribution in [3.05, 3.63) is 34.1 Å². The second-order valence-corrected chi connectivity index (χ2v) is 5.27. The highest BCUT2D eigenvalue weighted by Crippen LogP contribution is 2.30. The Morgan fingerprint density at radius 1 is 1.44 bits per heavy atom. The molecule has 2 nitrogen and oxygen atoms in total. The van der Waals surface area contributed by atoms with E-state index < -0.39 is 5.60 Å². The normalized spacial score (nSPS) is 18.2. The van der Waals surface area contributed by atoms with E-state index in [4.69, 9.17) is 0 Å². The van der Waals surface area contributed by atoms with Gasteiger partial charge in [-0.25, -0.2) is 4.39 Å². The molecule has 0 bridgehead atoms. The molecule has 0 spiro atoms. The van der Waals surface area contributed by atoms with Gasteiger partial charge < -0.3 is 10.4 Å². The first-order valence-corrected chi connectivity index (χ1v) is 6.25.